The minimum absolute atomic E-state index is 0.180. The largest absolute Gasteiger partial charge is 0.496 e. The molecule has 0 radical (unpaired) electrons. The first-order chi connectivity index (χ1) is 11.6. The lowest BCUT2D eigenvalue weighted by Crippen LogP contribution is -2.57. The van der Waals surface area contributed by atoms with Gasteiger partial charge in [-0.05, 0) is 43.9 Å². The molecular weight excluding hydrogens is 308 g/mol. The molecule has 0 aromatic heterocycles. The van der Waals surface area contributed by atoms with Crippen LogP contribution in [0.25, 0.3) is 5.76 Å². The number of hydrogen-bond donors (Lipinski definition) is 0. The normalized spacial score (nSPS) is 22.5. The van der Waals surface area contributed by atoms with Gasteiger partial charge in [-0.1, -0.05) is 12.5 Å². The Morgan fingerprint density at radius 1 is 1.12 bits per heavy atom. The molecule has 1 aliphatic carbocycles. The second-order valence-corrected chi connectivity index (χ2v) is 6.30. The smallest absolute Gasteiger partial charge is 0.317 e. The molecule has 2 fully saturated rings. The molecule has 1 aliphatic heterocycles. The van der Waals surface area contributed by atoms with E-state index in [0.29, 0.717) is 17.3 Å². The van der Waals surface area contributed by atoms with Gasteiger partial charge in [-0.3, -0.25) is 4.79 Å². The number of benzene rings is 1. The van der Waals surface area contributed by atoms with Gasteiger partial charge in [-0.15, -0.1) is 0 Å². The minimum Gasteiger partial charge on any atom is -0.496 e. The predicted molar refractivity (Wildman–Crippen MR) is 89.9 cm³/mol. The van der Waals surface area contributed by atoms with E-state index in [4.69, 9.17) is 18.9 Å². The number of ether oxygens (including phenoxy) is 4. The number of hydrogen-bond acceptors (Lipinski definition) is 5. The zero-order chi connectivity index (χ0) is 17.2. The molecule has 1 unspecified atom stereocenters. The standard InChI is InChI=1S/C19H24O5/c1-21-14-8-7-9-15(22-2)17(14)16(23-3)12-13-18(20)24-19(13)10-5-4-6-11-19/h7-9,12-13H,4-6,10-11H2,1-3H3/b16-12-. The van der Waals surface area contributed by atoms with Crippen LogP contribution in [-0.4, -0.2) is 32.9 Å². The van der Waals surface area contributed by atoms with Gasteiger partial charge in [0.2, 0.25) is 0 Å². The highest BCUT2D eigenvalue weighted by atomic mass is 16.6. The van der Waals surface area contributed by atoms with E-state index in [1.807, 2.05) is 24.3 Å². The van der Waals surface area contributed by atoms with Crippen molar-refractivity contribution >= 4 is 11.7 Å². The van der Waals surface area contributed by atoms with Crippen LogP contribution in [0.15, 0.2) is 24.3 Å². The van der Waals surface area contributed by atoms with Crippen molar-refractivity contribution < 1.29 is 23.7 Å². The first kappa shape index (κ1) is 16.7. The van der Waals surface area contributed by atoms with E-state index in [2.05, 4.69) is 0 Å². The van der Waals surface area contributed by atoms with E-state index >= 15 is 0 Å². The minimum atomic E-state index is -0.353. The van der Waals surface area contributed by atoms with Crippen LogP contribution < -0.4 is 9.47 Å². The Kier molecular flexibility index (Phi) is 4.69. The maximum absolute atomic E-state index is 12.1. The summed E-state index contributed by atoms with van der Waals surface area (Å²) in [7, 11) is 4.80. The highest BCUT2D eigenvalue weighted by Gasteiger charge is 2.55. The van der Waals surface area contributed by atoms with Crippen molar-refractivity contribution in [2.24, 2.45) is 5.92 Å². The Labute approximate surface area is 142 Å². The van der Waals surface area contributed by atoms with Crippen LogP contribution in [0.1, 0.15) is 37.7 Å². The number of carbonyl (C=O) groups is 1. The van der Waals surface area contributed by atoms with E-state index in [1.165, 1.54) is 6.42 Å². The van der Waals surface area contributed by atoms with Crippen LogP contribution in [0.3, 0.4) is 0 Å². The Bertz CT molecular complexity index is 621. The zero-order valence-corrected chi connectivity index (χ0v) is 14.5. The highest BCUT2D eigenvalue weighted by molar-refractivity contribution is 5.85. The summed E-state index contributed by atoms with van der Waals surface area (Å²) in [5.41, 5.74) is 0.365. The third-order valence-electron chi connectivity index (χ3n) is 5.04. The fraction of sp³-hybridized carbons (Fsp3) is 0.526. The molecule has 0 N–H and O–H groups in total. The van der Waals surface area contributed by atoms with Gasteiger partial charge in [0.15, 0.2) is 0 Å². The lowest BCUT2D eigenvalue weighted by atomic mass is 9.71. The molecule has 1 saturated carbocycles. The summed E-state index contributed by atoms with van der Waals surface area (Å²) in [6.07, 6.45) is 7.10. The van der Waals surface area contributed by atoms with E-state index in [0.717, 1.165) is 31.2 Å². The number of carbonyl (C=O) groups excluding carboxylic acids is 1. The van der Waals surface area contributed by atoms with Crippen molar-refractivity contribution in [1.82, 2.24) is 0 Å². The van der Waals surface area contributed by atoms with E-state index in [9.17, 15) is 4.79 Å². The van der Waals surface area contributed by atoms with E-state index in [1.54, 1.807) is 21.3 Å². The Morgan fingerprint density at radius 2 is 1.75 bits per heavy atom. The zero-order valence-electron chi connectivity index (χ0n) is 14.5. The van der Waals surface area contributed by atoms with Crippen molar-refractivity contribution in [3.63, 3.8) is 0 Å². The van der Waals surface area contributed by atoms with Crippen LogP contribution in [0.2, 0.25) is 0 Å². The molecule has 1 atom stereocenters. The third-order valence-corrected chi connectivity index (χ3v) is 5.04. The fourth-order valence-electron chi connectivity index (χ4n) is 3.77. The summed E-state index contributed by atoms with van der Waals surface area (Å²) in [5, 5.41) is 0. The van der Waals surface area contributed by atoms with Gasteiger partial charge in [0.1, 0.15) is 34.3 Å². The topological polar surface area (TPSA) is 54.0 Å². The average molecular weight is 332 g/mol. The lowest BCUT2D eigenvalue weighted by molar-refractivity contribution is -0.212. The molecule has 130 valence electrons. The molecule has 1 heterocycles. The maximum Gasteiger partial charge on any atom is 0.317 e. The van der Waals surface area contributed by atoms with Crippen molar-refractivity contribution in [2.75, 3.05) is 21.3 Å². The molecule has 3 rings (SSSR count). The van der Waals surface area contributed by atoms with Crippen LogP contribution in [-0.2, 0) is 14.3 Å². The summed E-state index contributed by atoms with van der Waals surface area (Å²) >= 11 is 0. The fourth-order valence-corrected chi connectivity index (χ4v) is 3.77. The molecule has 1 saturated heterocycles. The van der Waals surface area contributed by atoms with Crippen molar-refractivity contribution in [1.29, 1.82) is 0 Å². The van der Waals surface area contributed by atoms with Gasteiger partial charge in [0.25, 0.3) is 0 Å². The van der Waals surface area contributed by atoms with E-state index < -0.39 is 0 Å². The summed E-state index contributed by atoms with van der Waals surface area (Å²) in [4.78, 5) is 12.1. The van der Waals surface area contributed by atoms with Gasteiger partial charge < -0.3 is 18.9 Å². The van der Waals surface area contributed by atoms with Gasteiger partial charge in [-0.25, -0.2) is 0 Å². The molecule has 1 spiro atoms. The maximum atomic E-state index is 12.1. The number of esters is 1. The Morgan fingerprint density at radius 3 is 2.25 bits per heavy atom. The molecule has 5 nitrogen and oxygen atoms in total. The Hall–Kier alpha value is -2.17. The summed E-state index contributed by atoms with van der Waals surface area (Å²) < 4.78 is 22.1. The number of rotatable bonds is 5. The molecule has 1 aromatic rings. The molecular formula is C19H24O5. The molecule has 1 aromatic carbocycles. The Balaban J connectivity index is 1.99. The first-order valence-electron chi connectivity index (χ1n) is 8.35. The van der Waals surface area contributed by atoms with Gasteiger partial charge in [0.05, 0.1) is 21.3 Å². The average Bonchev–Trinajstić information content (AvgIpc) is 2.62. The van der Waals surface area contributed by atoms with Crippen LogP contribution in [0, 0.1) is 5.92 Å². The van der Waals surface area contributed by atoms with Gasteiger partial charge >= 0.3 is 5.97 Å². The highest BCUT2D eigenvalue weighted by Crippen LogP contribution is 2.48. The van der Waals surface area contributed by atoms with Crippen molar-refractivity contribution in [3.05, 3.63) is 29.8 Å². The monoisotopic (exact) mass is 332 g/mol. The third kappa shape index (κ3) is 2.72. The second kappa shape index (κ2) is 6.75. The van der Waals surface area contributed by atoms with Gasteiger partial charge in [0, 0.05) is 0 Å². The molecule has 0 bridgehead atoms. The summed E-state index contributed by atoms with van der Waals surface area (Å²) in [6.45, 7) is 0. The van der Waals surface area contributed by atoms with Crippen LogP contribution in [0.5, 0.6) is 11.5 Å². The molecule has 24 heavy (non-hydrogen) atoms. The SMILES string of the molecule is CO/C(=C\C1C(=O)OC12CCCCC2)c1c(OC)cccc1OC. The summed E-state index contributed by atoms with van der Waals surface area (Å²) in [6, 6.07) is 5.55. The predicted octanol–water partition coefficient (Wildman–Crippen LogP) is 3.57. The number of methoxy groups -OCH3 is 3. The second-order valence-electron chi connectivity index (χ2n) is 6.30. The molecule has 2 aliphatic rings. The van der Waals surface area contributed by atoms with E-state index in [-0.39, 0.29) is 17.5 Å². The van der Waals surface area contributed by atoms with Crippen molar-refractivity contribution in [2.45, 2.75) is 37.7 Å². The molecule has 5 heteroatoms. The van der Waals surface area contributed by atoms with Crippen LogP contribution in [0.4, 0.5) is 0 Å². The van der Waals surface area contributed by atoms with Crippen LogP contribution >= 0.6 is 0 Å². The lowest BCUT2D eigenvalue weighted by Gasteiger charge is -2.48. The van der Waals surface area contributed by atoms with Crippen molar-refractivity contribution in [3.8, 4) is 11.5 Å². The summed E-state index contributed by atoms with van der Waals surface area (Å²) in [5.74, 6) is 1.42. The van der Waals surface area contributed by atoms with Gasteiger partial charge in [-0.2, -0.15) is 0 Å². The quantitative estimate of drug-likeness (QED) is 0.609. The molecule has 0 amide bonds. The first-order valence-corrected chi connectivity index (χ1v) is 8.35.